The number of carbonyl (C=O) groups is 1. The molecule has 1 aliphatic heterocycles. The SMILES string of the molecule is Cc1nnsc1C(=O)N1CCc2ncncc2C1. The van der Waals surface area contributed by atoms with Crippen molar-refractivity contribution in [2.45, 2.75) is 19.9 Å². The number of aromatic nitrogens is 4. The molecule has 0 radical (unpaired) electrons. The number of aryl methyl sites for hydroxylation is 1. The Morgan fingerprint density at radius 3 is 3.17 bits per heavy atom. The lowest BCUT2D eigenvalue weighted by molar-refractivity contribution is 0.0737. The normalized spacial score (nSPS) is 14.4. The first-order valence-electron chi connectivity index (χ1n) is 5.61. The van der Waals surface area contributed by atoms with Crippen LogP contribution in [-0.2, 0) is 13.0 Å². The van der Waals surface area contributed by atoms with Crippen LogP contribution in [0.5, 0.6) is 0 Å². The molecule has 2 aromatic heterocycles. The third-order valence-corrected chi connectivity index (χ3v) is 3.81. The fourth-order valence-electron chi connectivity index (χ4n) is 2.01. The molecule has 0 bridgehead atoms. The average molecular weight is 261 g/mol. The number of amides is 1. The Morgan fingerprint density at radius 2 is 2.39 bits per heavy atom. The van der Waals surface area contributed by atoms with Gasteiger partial charge in [-0.3, -0.25) is 4.79 Å². The minimum absolute atomic E-state index is 0.00277. The summed E-state index contributed by atoms with van der Waals surface area (Å²) in [5.41, 5.74) is 2.75. The van der Waals surface area contributed by atoms with Crippen LogP contribution in [0.25, 0.3) is 0 Å². The Hall–Kier alpha value is -1.89. The van der Waals surface area contributed by atoms with Crippen molar-refractivity contribution in [2.24, 2.45) is 0 Å². The Labute approximate surface area is 108 Å². The first kappa shape index (κ1) is 11.2. The monoisotopic (exact) mass is 261 g/mol. The second-order valence-corrected chi connectivity index (χ2v) is 4.91. The first-order valence-corrected chi connectivity index (χ1v) is 6.39. The van der Waals surface area contributed by atoms with Crippen LogP contribution in [0.1, 0.15) is 26.6 Å². The van der Waals surface area contributed by atoms with Gasteiger partial charge in [0.05, 0.1) is 11.4 Å². The van der Waals surface area contributed by atoms with Crippen molar-refractivity contribution in [1.29, 1.82) is 0 Å². The number of carbonyl (C=O) groups excluding carboxylic acids is 1. The molecule has 0 aliphatic carbocycles. The lowest BCUT2D eigenvalue weighted by atomic mass is 10.1. The highest BCUT2D eigenvalue weighted by Gasteiger charge is 2.25. The summed E-state index contributed by atoms with van der Waals surface area (Å²) < 4.78 is 3.80. The van der Waals surface area contributed by atoms with Crippen molar-refractivity contribution < 1.29 is 4.79 Å². The van der Waals surface area contributed by atoms with Gasteiger partial charge in [0.15, 0.2) is 0 Å². The molecule has 6 nitrogen and oxygen atoms in total. The topological polar surface area (TPSA) is 71.9 Å². The van der Waals surface area contributed by atoms with Gasteiger partial charge in [0.2, 0.25) is 0 Å². The summed E-state index contributed by atoms with van der Waals surface area (Å²) in [6.45, 7) is 3.05. The molecule has 0 fully saturated rings. The van der Waals surface area contributed by atoms with Crippen molar-refractivity contribution in [3.05, 3.63) is 34.4 Å². The number of hydrogen-bond donors (Lipinski definition) is 0. The Balaban J connectivity index is 1.84. The highest BCUT2D eigenvalue weighted by atomic mass is 32.1. The predicted octanol–water partition coefficient (Wildman–Crippen LogP) is 0.835. The minimum atomic E-state index is -0.00277. The zero-order valence-electron chi connectivity index (χ0n) is 9.83. The predicted molar refractivity (Wildman–Crippen MR) is 65.1 cm³/mol. The molecule has 0 unspecified atom stereocenters. The fourth-order valence-corrected chi connectivity index (χ4v) is 2.64. The van der Waals surface area contributed by atoms with Gasteiger partial charge in [0.1, 0.15) is 11.2 Å². The van der Waals surface area contributed by atoms with E-state index in [4.69, 9.17) is 0 Å². The van der Waals surface area contributed by atoms with E-state index in [9.17, 15) is 4.79 Å². The molecule has 3 heterocycles. The van der Waals surface area contributed by atoms with Gasteiger partial charge in [0, 0.05) is 31.3 Å². The zero-order valence-corrected chi connectivity index (χ0v) is 10.6. The Bertz CT molecular complexity index is 597. The molecule has 0 N–H and O–H groups in total. The summed E-state index contributed by atoms with van der Waals surface area (Å²) in [6, 6.07) is 0. The average Bonchev–Trinajstić information content (AvgIpc) is 2.83. The second-order valence-electron chi connectivity index (χ2n) is 4.16. The number of fused-ring (bicyclic) bond motifs is 1. The van der Waals surface area contributed by atoms with Crippen LogP contribution in [0.3, 0.4) is 0 Å². The molecule has 1 aliphatic rings. The molecule has 18 heavy (non-hydrogen) atoms. The van der Waals surface area contributed by atoms with E-state index in [1.807, 2.05) is 0 Å². The van der Waals surface area contributed by atoms with E-state index in [-0.39, 0.29) is 5.91 Å². The van der Waals surface area contributed by atoms with E-state index < -0.39 is 0 Å². The van der Waals surface area contributed by atoms with Gasteiger partial charge in [-0.05, 0) is 18.5 Å². The molecular weight excluding hydrogens is 250 g/mol. The molecule has 0 aromatic carbocycles. The lowest BCUT2D eigenvalue weighted by Crippen LogP contribution is -2.36. The molecule has 0 saturated heterocycles. The number of rotatable bonds is 1. The summed E-state index contributed by atoms with van der Waals surface area (Å²) in [7, 11) is 0. The van der Waals surface area contributed by atoms with Crippen LogP contribution < -0.4 is 0 Å². The van der Waals surface area contributed by atoms with Crippen molar-refractivity contribution in [3.8, 4) is 0 Å². The van der Waals surface area contributed by atoms with Crippen molar-refractivity contribution >= 4 is 17.4 Å². The lowest BCUT2D eigenvalue weighted by Gasteiger charge is -2.27. The maximum atomic E-state index is 12.3. The van der Waals surface area contributed by atoms with Crippen LogP contribution in [0.4, 0.5) is 0 Å². The molecule has 0 saturated carbocycles. The largest absolute Gasteiger partial charge is 0.333 e. The van der Waals surface area contributed by atoms with Gasteiger partial charge < -0.3 is 4.90 Å². The standard InChI is InChI=1S/C11H11N5OS/c1-7-10(18-15-14-7)11(17)16-3-2-9-8(5-16)4-12-6-13-9/h4,6H,2-3,5H2,1H3. The van der Waals surface area contributed by atoms with Crippen LogP contribution >= 0.6 is 11.5 Å². The van der Waals surface area contributed by atoms with Crippen LogP contribution in [0, 0.1) is 6.92 Å². The molecule has 2 aromatic rings. The van der Waals surface area contributed by atoms with Gasteiger partial charge >= 0.3 is 0 Å². The van der Waals surface area contributed by atoms with Crippen LogP contribution in [0.15, 0.2) is 12.5 Å². The quantitative estimate of drug-likeness (QED) is 0.760. The number of nitrogens with zero attached hydrogens (tertiary/aromatic N) is 5. The molecule has 3 rings (SSSR count). The third-order valence-electron chi connectivity index (χ3n) is 2.99. The summed E-state index contributed by atoms with van der Waals surface area (Å²) in [5, 5.41) is 3.87. The maximum absolute atomic E-state index is 12.3. The van der Waals surface area contributed by atoms with Gasteiger partial charge in [-0.15, -0.1) is 5.10 Å². The highest BCUT2D eigenvalue weighted by molar-refractivity contribution is 7.07. The smallest absolute Gasteiger partial charge is 0.267 e. The molecular formula is C11H11N5OS. The molecule has 0 spiro atoms. The summed E-state index contributed by atoms with van der Waals surface area (Å²) in [6.07, 6.45) is 4.10. The summed E-state index contributed by atoms with van der Waals surface area (Å²) in [5.74, 6) is -0.00277. The molecule has 7 heteroatoms. The Kier molecular flexibility index (Phi) is 2.75. The Morgan fingerprint density at radius 1 is 1.50 bits per heavy atom. The van der Waals surface area contributed by atoms with Gasteiger partial charge in [0.25, 0.3) is 5.91 Å². The zero-order chi connectivity index (χ0) is 12.5. The summed E-state index contributed by atoms with van der Waals surface area (Å²) in [4.78, 5) is 23.0. The molecule has 92 valence electrons. The van der Waals surface area contributed by atoms with E-state index in [0.717, 1.165) is 29.2 Å². The van der Waals surface area contributed by atoms with E-state index in [0.29, 0.717) is 23.7 Å². The minimum Gasteiger partial charge on any atom is -0.333 e. The molecule has 1 amide bonds. The third kappa shape index (κ3) is 1.86. The second kappa shape index (κ2) is 4.41. The van der Waals surface area contributed by atoms with E-state index >= 15 is 0 Å². The number of hydrogen-bond acceptors (Lipinski definition) is 6. The van der Waals surface area contributed by atoms with Crippen molar-refractivity contribution in [2.75, 3.05) is 6.54 Å². The first-order chi connectivity index (χ1) is 8.75. The van der Waals surface area contributed by atoms with E-state index in [2.05, 4.69) is 19.6 Å². The van der Waals surface area contributed by atoms with E-state index in [1.165, 1.54) is 0 Å². The van der Waals surface area contributed by atoms with E-state index in [1.54, 1.807) is 24.3 Å². The van der Waals surface area contributed by atoms with Crippen molar-refractivity contribution in [1.82, 2.24) is 24.5 Å². The van der Waals surface area contributed by atoms with Crippen LogP contribution in [-0.4, -0.2) is 36.9 Å². The van der Waals surface area contributed by atoms with Gasteiger partial charge in [-0.2, -0.15) is 0 Å². The van der Waals surface area contributed by atoms with Crippen LogP contribution in [0.2, 0.25) is 0 Å². The van der Waals surface area contributed by atoms with Gasteiger partial charge in [-0.25, -0.2) is 9.97 Å². The maximum Gasteiger partial charge on any atom is 0.267 e. The van der Waals surface area contributed by atoms with Crippen molar-refractivity contribution in [3.63, 3.8) is 0 Å². The fraction of sp³-hybridized carbons (Fsp3) is 0.364. The highest BCUT2D eigenvalue weighted by Crippen LogP contribution is 2.20. The molecule has 0 atom stereocenters. The summed E-state index contributed by atoms with van der Waals surface area (Å²) >= 11 is 1.15. The van der Waals surface area contributed by atoms with Gasteiger partial charge in [-0.1, -0.05) is 4.49 Å².